The minimum atomic E-state index is 0. The summed E-state index contributed by atoms with van der Waals surface area (Å²) in [5, 5.41) is 11.8. The molecule has 0 aliphatic heterocycles. The molecule has 3 rings (SSSR count). The van der Waals surface area contributed by atoms with Crippen LogP contribution in [0.25, 0.3) is 11.0 Å². The van der Waals surface area contributed by atoms with E-state index < -0.39 is 0 Å². The van der Waals surface area contributed by atoms with Gasteiger partial charge < -0.3 is 22.5 Å². The molecule has 6 nitrogen and oxygen atoms in total. The van der Waals surface area contributed by atoms with Crippen LogP contribution >= 0.6 is 0 Å². The van der Waals surface area contributed by atoms with Gasteiger partial charge in [0.15, 0.2) is 12.4 Å². The van der Waals surface area contributed by atoms with Gasteiger partial charge in [-0.3, -0.25) is 0 Å². The summed E-state index contributed by atoms with van der Waals surface area (Å²) in [6.07, 6.45) is 11.8. The first-order valence-electron chi connectivity index (χ1n) is 9.96. The van der Waals surface area contributed by atoms with Crippen molar-refractivity contribution < 1.29 is 21.7 Å². The maximum Gasteiger partial charge on any atom is 0.252 e. The van der Waals surface area contributed by atoms with E-state index in [9.17, 15) is 0 Å². The van der Waals surface area contributed by atoms with Crippen LogP contribution in [0.1, 0.15) is 45.4 Å². The quantitative estimate of drug-likeness (QED) is 0.364. The minimum Gasteiger partial charge on any atom is -1.00 e. The smallest absolute Gasteiger partial charge is 0.252 e. The number of hydrogen-bond donors (Lipinski definition) is 1. The number of fused-ring (bicyclic) bond motifs is 1. The molecular weight excluding hydrogens is 374 g/mol. The van der Waals surface area contributed by atoms with E-state index >= 15 is 0 Å². The van der Waals surface area contributed by atoms with E-state index in [1.54, 1.807) is 0 Å². The lowest BCUT2D eigenvalue weighted by Crippen LogP contribution is -3.00. The number of benzene rings is 1. The molecule has 0 fully saturated rings. The van der Waals surface area contributed by atoms with Crippen LogP contribution in [0, 0.1) is 0 Å². The van der Waals surface area contributed by atoms with E-state index in [2.05, 4.69) is 33.3 Å². The van der Waals surface area contributed by atoms with E-state index in [1.807, 2.05) is 47.3 Å². The monoisotopic (exact) mass is 403 g/mol. The Kier molecular flexibility index (Phi) is 9.72. The van der Waals surface area contributed by atoms with Crippen LogP contribution in [0.3, 0.4) is 0 Å². The fraction of sp³-hybridized carbons (Fsp3) is 0.476. The topological polar surface area (TPSA) is 55.9 Å². The van der Waals surface area contributed by atoms with Gasteiger partial charge in [0, 0.05) is 6.07 Å². The first-order chi connectivity index (χ1) is 13.4. The highest BCUT2D eigenvalue weighted by atomic mass is 35.5. The number of unbranched alkanes of at least 4 members (excludes halogenated alkanes) is 5. The molecule has 0 saturated carbocycles. The number of para-hydroxylation sites is 1. The van der Waals surface area contributed by atoms with Crippen molar-refractivity contribution in [1.29, 1.82) is 0 Å². The van der Waals surface area contributed by atoms with Gasteiger partial charge in [0.05, 0.1) is 12.1 Å². The lowest BCUT2D eigenvalue weighted by Gasteiger charge is -2.06. The summed E-state index contributed by atoms with van der Waals surface area (Å²) in [6.45, 7) is 4.22. The molecule has 2 aromatic heterocycles. The highest BCUT2D eigenvalue weighted by molar-refractivity contribution is 5.73. The van der Waals surface area contributed by atoms with Crippen LogP contribution in [0.2, 0.25) is 0 Å². The molecule has 28 heavy (non-hydrogen) atoms. The van der Waals surface area contributed by atoms with Crippen molar-refractivity contribution in [1.82, 2.24) is 15.0 Å². The second-order valence-electron chi connectivity index (χ2n) is 6.82. The maximum absolute atomic E-state index is 5.80. The number of pyridine rings is 1. The molecule has 0 radical (unpaired) electrons. The van der Waals surface area contributed by atoms with Crippen LogP contribution in [0.4, 0.5) is 5.69 Å². The Balaban J connectivity index is 0.00000280. The van der Waals surface area contributed by atoms with E-state index in [4.69, 9.17) is 4.74 Å². The van der Waals surface area contributed by atoms with E-state index in [0.29, 0.717) is 13.4 Å². The number of rotatable bonds is 12. The van der Waals surface area contributed by atoms with Gasteiger partial charge >= 0.3 is 0 Å². The second-order valence-corrected chi connectivity index (χ2v) is 6.82. The maximum atomic E-state index is 5.80. The Labute approximate surface area is 173 Å². The number of hydrogen-bond acceptors (Lipinski definition) is 4. The molecule has 3 aromatic rings. The number of anilines is 1. The van der Waals surface area contributed by atoms with Crippen LogP contribution in [0.15, 0.2) is 48.8 Å². The van der Waals surface area contributed by atoms with Crippen LogP contribution < -0.4 is 22.3 Å². The third kappa shape index (κ3) is 6.77. The largest absolute Gasteiger partial charge is 1.00 e. The van der Waals surface area contributed by atoms with Gasteiger partial charge in [-0.05, 0) is 24.6 Å². The molecule has 0 saturated heterocycles. The average Bonchev–Trinajstić information content (AvgIpc) is 3.12. The van der Waals surface area contributed by atoms with Crippen molar-refractivity contribution in [3.63, 3.8) is 0 Å². The number of halogens is 1. The van der Waals surface area contributed by atoms with Crippen molar-refractivity contribution in [2.75, 3.05) is 11.9 Å². The van der Waals surface area contributed by atoms with Gasteiger partial charge in [-0.15, -0.1) is 5.10 Å². The fourth-order valence-electron chi connectivity index (χ4n) is 3.06. The van der Waals surface area contributed by atoms with Crippen molar-refractivity contribution in [3.8, 4) is 0 Å². The summed E-state index contributed by atoms with van der Waals surface area (Å²) in [7, 11) is 0. The summed E-state index contributed by atoms with van der Waals surface area (Å²) in [5.41, 5.74) is 2.96. The average molecular weight is 404 g/mol. The van der Waals surface area contributed by atoms with Gasteiger partial charge in [-0.25, -0.2) is 4.68 Å². The first kappa shape index (κ1) is 22.1. The molecule has 0 bridgehead atoms. The van der Waals surface area contributed by atoms with Crippen LogP contribution in [-0.2, 0) is 18.1 Å². The summed E-state index contributed by atoms with van der Waals surface area (Å²) >= 11 is 0. The zero-order chi connectivity index (χ0) is 18.7. The molecule has 1 aromatic carbocycles. The zero-order valence-corrected chi connectivity index (χ0v) is 17.3. The third-order valence-corrected chi connectivity index (χ3v) is 4.59. The molecule has 2 heterocycles. The van der Waals surface area contributed by atoms with Gasteiger partial charge in [-0.2, -0.15) is 4.57 Å². The van der Waals surface area contributed by atoms with Gasteiger partial charge in [-0.1, -0.05) is 56.4 Å². The molecule has 0 unspecified atom stereocenters. The second kappa shape index (κ2) is 12.3. The third-order valence-electron chi connectivity index (χ3n) is 4.59. The summed E-state index contributed by atoms with van der Waals surface area (Å²) < 4.78 is 9.71. The molecule has 152 valence electrons. The predicted octanol–water partition coefficient (Wildman–Crippen LogP) is 1.13. The Morgan fingerprint density at radius 2 is 1.86 bits per heavy atom. The van der Waals surface area contributed by atoms with E-state index in [-0.39, 0.29) is 12.4 Å². The van der Waals surface area contributed by atoms with Gasteiger partial charge in [0.25, 0.3) is 6.73 Å². The Morgan fingerprint density at radius 1 is 1.04 bits per heavy atom. The Bertz CT molecular complexity index is 823. The summed E-state index contributed by atoms with van der Waals surface area (Å²) in [4.78, 5) is 0. The lowest BCUT2D eigenvalue weighted by molar-refractivity contribution is -0.732. The molecule has 7 heteroatoms. The van der Waals surface area contributed by atoms with Crippen molar-refractivity contribution in [3.05, 3.63) is 48.8 Å². The Hall–Kier alpha value is -2.18. The molecule has 0 aliphatic rings. The number of ether oxygens (including phenoxy) is 1. The molecule has 1 N–H and O–H groups in total. The standard InChI is InChI=1S/C21H30N5O.ClH/c1-2-3-4-5-6-9-15-27-18-25-14-10-11-19(16-25)22-17-26-21-13-8-7-12-20(21)23-24-26;/h7-8,10-14,16,22H,2-6,9,15,17-18H2,1H3;1H/q+1;/p-1. The Morgan fingerprint density at radius 3 is 2.75 bits per heavy atom. The van der Waals surface area contributed by atoms with Gasteiger partial charge in [0.1, 0.15) is 17.9 Å². The van der Waals surface area contributed by atoms with Crippen molar-refractivity contribution in [2.24, 2.45) is 0 Å². The van der Waals surface area contributed by atoms with Crippen LogP contribution in [-0.4, -0.2) is 21.6 Å². The van der Waals surface area contributed by atoms with Gasteiger partial charge in [0.2, 0.25) is 0 Å². The molecule has 0 aliphatic carbocycles. The fourth-order valence-corrected chi connectivity index (χ4v) is 3.06. The number of nitrogens with one attached hydrogen (secondary N) is 1. The highest BCUT2D eigenvalue weighted by Gasteiger charge is 2.05. The lowest BCUT2D eigenvalue weighted by atomic mass is 10.1. The number of aromatic nitrogens is 4. The van der Waals surface area contributed by atoms with Crippen molar-refractivity contribution in [2.45, 2.75) is 58.8 Å². The SMILES string of the molecule is CCCCCCCCOC[n+]1cccc(NCn2nnc3ccccc32)c1.[Cl-]. The zero-order valence-electron chi connectivity index (χ0n) is 16.6. The number of nitrogens with zero attached hydrogens (tertiary/aromatic N) is 4. The van der Waals surface area contributed by atoms with Crippen molar-refractivity contribution >= 4 is 16.7 Å². The summed E-state index contributed by atoms with van der Waals surface area (Å²) in [5.74, 6) is 0. The molecule has 0 spiro atoms. The normalized spacial score (nSPS) is 10.8. The highest BCUT2D eigenvalue weighted by Crippen LogP contribution is 2.10. The molecular formula is C21H30ClN5O. The first-order valence-corrected chi connectivity index (χ1v) is 9.96. The predicted molar refractivity (Wildman–Crippen MR) is 107 cm³/mol. The molecule has 0 amide bonds. The minimum absolute atomic E-state index is 0. The summed E-state index contributed by atoms with van der Waals surface area (Å²) in [6, 6.07) is 12.0. The van der Waals surface area contributed by atoms with E-state index in [0.717, 1.165) is 29.7 Å². The molecule has 0 atom stereocenters. The van der Waals surface area contributed by atoms with E-state index in [1.165, 1.54) is 32.1 Å². The van der Waals surface area contributed by atoms with Crippen LogP contribution in [0.5, 0.6) is 0 Å².